The third-order valence-electron chi connectivity index (χ3n) is 9.32. The number of benzene rings is 2. The van der Waals surface area contributed by atoms with Crippen molar-refractivity contribution in [2.75, 3.05) is 48.8 Å². The first-order valence-electron chi connectivity index (χ1n) is 15.0. The Morgan fingerprint density at radius 1 is 0.956 bits per heavy atom. The maximum Gasteiger partial charge on any atom is 0.310 e. The van der Waals surface area contributed by atoms with Gasteiger partial charge in [-0.05, 0) is 62.0 Å². The van der Waals surface area contributed by atoms with Crippen LogP contribution in [-0.4, -0.2) is 107 Å². The van der Waals surface area contributed by atoms with Gasteiger partial charge in [0.05, 0.1) is 46.0 Å². The zero-order chi connectivity index (χ0) is 32.2. The fourth-order valence-corrected chi connectivity index (χ4v) is 7.13. The number of fused-ring (bicyclic) bond motifs is 3. The molecule has 13 nitrogen and oxygen atoms in total. The number of ether oxygens (including phenoxy) is 9. The zero-order valence-electron chi connectivity index (χ0n) is 26.4. The summed E-state index contributed by atoms with van der Waals surface area (Å²) in [4.78, 5) is 15.5. The van der Waals surface area contributed by atoms with Crippen molar-refractivity contribution >= 4 is 5.97 Å². The molecule has 0 radical (unpaired) electrons. The van der Waals surface area contributed by atoms with Crippen molar-refractivity contribution in [1.82, 2.24) is 4.90 Å². The Morgan fingerprint density at radius 2 is 1.60 bits per heavy atom. The topological polar surface area (TPSA) is 144 Å². The first kappa shape index (κ1) is 31.6. The summed E-state index contributed by atoms with van der Waals surface area (Å²) in [6, 6.07) is 6.50. The van der Waals surface area contributed by atoms with Crippen LogP contribution in [0.1, 0.15) is 42.6 Å². The minimum absolute atomic E-state index is 0.0490. The molecule has 10 atom stereocenters. The highest BCUT2D eigenvalue weighted by molar-refractivity contribution is 5.77. The van der Waals surface area contributed by atoms with Gasteiger partial charge in [0, 0.05) is 11.8 Å². The highest BCUT2D eigenvalue weighted by Gasteiger charge is 2.53. The van der Waals surface area contributed by atoms with E-state index in [1.54, 1.807) is 19.1 Å². The molecule has 3 heterocycles. The Morgan fingerprint density at radius 3 is 2.20 bits per heavy atom. The Labute approximate surface area is 261 Å². The van der Waals surface area contributed by atoms with Crippen molar-refractivity contribution in [1.29, 1.82) is 0 Å². The standard InChI is InChI=1S/C32H41NO12/c1-14-24(31(36)39-7)25(16-8-21(37-5)27(34)22(9-16)38-6)17-10-19-20(42-13-41-19)11-18(17)29(14)45-32-26(33(3)4)28(35)30-23(44-32)12-40-15(2)43-30/h8-11,14-15,23-26,28-30,32,34-35H,12-13H2,1-7H3/t14-,15?,23?,24?,25?,26+,28?,29-,30+,32?/m0/s1. The van der Waals surface area contributed by atoms with Gasteiger partial charge in [-0.15, -0.1) is 0 Å². The van der Waals surface area contributed by atoms with E-state index in [0.717, 1.165) is 11.1 Å². The second-order valence-corrected chi connectivity index (χ2v) is 12.0. The average molecular weight is 632 g/mol. The minimum Gasteiger partial charge on any atom is -0.502 e. The summed E-state index contributed by atoms with van der Waals surface area (Å²) in [5.74, 6) is -0.947. The van der Waals surface area contributed by atoms with Crippen molar-refractivity contribution < 1.29 is 57.6 Å². The summed E-state index contributed by atoms with van der Waals surface area (Å²) in [6.45, 7) is 3.98. The van der Waals surface area contributed by atoms with E-state index in [4.69, 9.17) is 42.6 Å². The molecule has 0 spiro atoms. The molecule has 13 heteroatoms. The molecular formula is C32H41NO12. The maximum atomic E-state index is 13.7. The number of methoxy groups -OCH3 is 3. The number of aliphatic hydroxyl groups excluding tert-OH is 1. The molecule has 4 aliphatic rings. The number of rotatable bonds is 7. The molecule has 0 aromatic heterocycles. The van der Waals surface area contributed by atoms with E-state index in [-0.39, 0.29) is 30.6 Å². The van der Waals surface area contributed by atoms with E-state index >= 15 is 0 Å². The van der Waals surface area contributed by atoms with Gasteiger partial charge in [0.15, 0.2) is 35.6 Å². The fourth-order valence-electron chi connectivity index (χ4n) is 7.13. The maximum absolute atomic E-state index is 13.7. The van der Waals surface area contributed by atoms with Crippen LogP contribution in [0.2, 0.25) is 0 Å². The van der Waals surface area contributed by atoms with E-state index in [1.165, 1.54) is 21.3 Å². The molecule has 0 amide bonds. The number of esters is 1. The number of aliphatic hydroxyl groups is 1. The van der Waals surface area contributed by atoms with Crippen LogP contribution in [0.5, 0.6) is 28.7 Å². The number of hydrogen-bond acceptors (Lipinski definition) is 13. The van der Waals surface area contributed by atoms with Gasteiger partial charge in [-0.2, -0.15) is 0 Å². The molecule has 2 fully saturated rings. The number of phenols is 1. The number of aromatic hydroxyl groups is 1. The molecule has 2 saturated heterocycles. The summed E-state index contributed by atoms with van der Waals surface area (Å²) in [7, 11) is 7.92. The van der Waals surface area contributed by atoms with Crippen molar-refractivity contribution in [2.24, 2.45) is 11.8 Å². The van der Waals surface area contributed by atoms with Gasteiger partial charge >= 0.3 is 5.97 Å². The Hall–Kier alpha value is -3.33. The number of hydrogen-bond donors (Lipinski definition) is 2. The normalized spacial score (nSPS) is 33.7. The first-order valence-corrected chi connectivity index (χ1v) is 15.0. The van der Waals surface area contributed by atoms with Crippen LogP contribution in [-0.2, 0) is 28.5 Å². The summed E-state index contributed by atoms with van der Waals surface area (Å²) in [6.07, 6.45) is -4.19. The van der Waals surface area contributed by atoms with Crippen LogP contribution in [0.4, 0.5) is 0 Å². The van der Waals surface area contributed by atoms with Gasteiger partial charge in [-0.3, -0.25) is 9.69 Å². The molecular weight excluding hydrogens is 590 g/mol. The van der Waals surface area contributed by atoms with Crippen LogP contribution in [0.3, 0.4) is 0 Å². The van der Waals surface area contributed by atoms with Gasteiger partial charge in [-0.25, -0.2) is 0 Å². The summed E-state index contributed by atoms with van der Waals surface area (Å²) >= 11 is 0. The van der Waals surface area contributed by atoms with E-state index in [9.17, 15) is 15.0 Å². The summed E-state index contributed by atoms with van der Waals surface area (Å²) in [5, 5.41) is 22.2. The second kappa shape index (κ2) is 12.5. The van der Waals surface area contributed by atoms with E-state index < -0.39 is 66.8 Å². The molecule has 2 N–H and O–H groups in total. The van der Waals surface area contributed by atoms with E-state index in [0.29, 0.717) is 17.1 Å². The van der Waals surface area contributed by atoms with Gasteiger partial charge in [0.2, 0.25) is 12.5 Å². The Kier molecular flexibility index (Phi) is 8.76. The molecule has 2 aromatic carbocycles. The Balaban J connectivity index is 1.47. The van der Waals surface area contributed by atoms with Crippen LogP contribution in [0.15, 0.2) is 24.3 Å². The summed E-state index contributed by atoms with van der Waals surface area (Å²) in [5.41, 5.74) is 2.15. The fraction of sp³-hybridized carbons (Fsp3) is 0.594. The van der Waals surface area contributed by atoms with Crippen LogP contribution >= 0.6 is 0 Å². The minimum atomic E-state index is -0.939. The van der Waals surface area contributed by atoms with Crippen molar-refractivity contribution in [3.8, 4) is 28.7 Å². The lowest BCUT2D eigenvalue weighted by atomic mass is 9.65. The second-order valence-electron chi connectivity index (χ2n) is 12.0. The highest BCUT2D eigenvalue weighted by atomic mass is 16.7. The molecule has 6 rings (SSSR count). The van der Waals surface area contributed by atoms with E-state index in [1.807, 2.05) is 38.1 Å². The average Bonchev–Trinajstić information content (AvgIpc) is 3.49. The lowest BCUT2D eigenvalue weighted by Crippen LogP contribution is -2.66. The molecule has 3 aliphatic heterocycles. The van der Waals surface area contributed by atoms with Crippen molar-refractivity contribution in [3.63, 3.8) is 0 Å². The number of nitrogens with zero attached hydrogens (tertiary/aromatic N) is 1. The highest BCUT2D eigenvalue weighted by Crippen LogP contribution is 2.55. The molecule has 6 unspecified atom stereocenters. The molecule has 0 bridgehead atoms. The van der Waals surface area contributed by atoms with Crippen molar-refractivity contribution in [3.05, 3.63) is 41.0 Å². The predicted molar refractivity (Wildman–Crippen MR) is 157 cm³/mol. The smallest absolute Gasteiger partial charge is 0.310 e. The third kappa shape index (κ3) is 5.45. The SMILES string of the molecule is COC(=O)C1C(c2cc(OC)c(O)c(OC)c2)c2cc3c(cc2[C@@H](OC2OC4COC(C)O[C@H]4C(O)[C@H]2N(C)C)[C@H]1C)OCO3. The monoisotopic (exact) mass is 631 g/mol. The van der Waals surface area contributed by atoms with Crippen LogP contribution in [0, 0.1) is 11.8 Å². The first-order chi connectivity index (χ1) is 21.6. The van der Waals surface area contributed by atoms with Crippen LogP contribution < -0.4 is 18.9 Å². The van der Waals surface area contributed by atoms with Gasteiger partial charge in [-0.1, -0.05) is 6.92 Å². The predicted octanol–water partition coefficient (Wildman–Crippen LogP) is 2.54. The third-order valence-corrected chi connectivity index (χ3v) is 9.32. The lowest BCUT2D eigenvalue weighted by molar-refractivity contribution is -0.354. The van der Waals surface area contributed by atoms with Crippen LogP contribution in [0.25, 0.3) is 0 Å². The van der Waals surface area contributed by atoms with Gasteiger partial charge in [0.25, 0.3) is 0 Å². The molecule has 1 aliphatic carbocycles. The molecule has 246 valence electrons. The molecule has 45 heavy (non-hydrogen) atoms. The molecule has 0 saturated carbocycles. The van der Waals surface area contributed by atoms with Crippen molar-refractivity contribution in [2.45, 2.75) is 62.8 Å². The molecule has 2 aromatic rings. The number of carbonyl (C=O) groups excluding carboxylic acids is 1. The number of carbonyl (C=O) groups is 1. The van der Waals surface area contributed by atoms with Gasteiger partial charge < -0.3 is 52.8 Å². The quantitative estimate of drug-likeness (QED) is 0.433. The lowest BCUT2D eigenvalue weighted by Gasteiger charge is -2.51. The number of phenolic OH excluding ortho intramolecular Hbond substituents is 1. The number of likely N-dealkylation sites (N-methyl/N-ethyl adjacent to an activating group) is 1. The largest absolute Gasteiger partial charge is 0.502 e. The Bertz CT molecular complexity index is 1390. The summed E-state index contributed by atoms with van der Waals surface area (Å²) < 4.78 is 52.7. The van der Waals surface area contributed by atoms with E-state index in [2.05, 4.69) is 0 Å². The van der Waals surface area contributed by atoms with Gasteiger partial charge in [0.1, 0.15) is 18.3 Å². The zero-order valence-corrected chi connectivity index (χ0v) is 26.4.